The standard InChI is InChI=1S/C32H38BrN/c1-22(2)23-10-12-24(13-11-23)29-20-26-18-19-32(3,4)21-30(26)34(28-8-6-5-7-9-28)31(29)25-14-16-27(33)17-15-25/h5-17,22,26,29-31H,18-21H2,1-4H3. The van der Waals surface area contributed by atoms with Crippen LogP contribution in [0.4, 0.5) is 5.69 Å². The highest BCUT2D eigenvalue weighted by atomic mass is 79.9. The Kier molecular flexibility index (Phi) is 6.64. The highest BCUT2D eigenvalue weighted by Gasteiger charge is 2.48. The smallest absolute Gasteiger partial charge is 0.0614 e. The molecular weight excluding hydrogens is 478 g/mol. The molecule has 1 nitrogen and oxygen atoms in total. The van der Waals surface area contributed by atoms with Crippen molar-refractivity contribution in [3.8, 4) is 0 Å². The monoisotopic (exact) mass is 515 g/mol. The first-order valence-electron chi connectivity index (χ1n) is 13.0. The average Bonchev–Trinajstić information content (AvgIpc) is 2.83. The van der Waals surface area contributed by atoms with Gasteiger partial charge in [-0.3, -0.25) is 0 Å². The van der Waals surface area contributed by atoms with E-state index in [1.54, 1.807) is 0 Å². The van der Waals surface area contributed by atoms with Gasteiger partial charge in [0.1, 0.15) is 0 Å². The van der Waals surface area contributed by atoms with Gasteiger partial charge in [-0.15, -0.1) is 0 Å². The van der Waals surface area contributed by atoms with Crippen LogP contribution in [0.3, 0.4) is 0 Å². The van der Waals surface area contributed by atoms with Crippen molar-refractivity contribution in [1.82, 2.24) is 0 Å². The maximum atomic E-state index is 3.67. The van der Waals surface area contributed by atoms with E-state index in [0.29, 0.717) is 29.3 Å². The topological polar surface area (TPSA) is 3.24 Å². The van der Waals surface area contributed by atoms with E-state index in [9.17, 15) is 0 Å². The minimum atomic E-state index is 0.329. The summed E-state index contributed by atoms with van der Waals surface area (Å²) in [6, 6.07) is 30.8. The number of piperidine rings is 1. The fourth-order valence-electron chi connectivity index (χ4n) is 6.51. The molecule has 3 aromatic rings. The van der Waals surface area contributed by atoms with Crippen LogP contribution in [-0.4, -0.2) is 6.04 Å². The number of para-hydroxylation sites is 1. The van der Waals surface area contributed by atoms with Crippen LogP contribution in [0.25, 0.3) is 0 Å². The quantitative estimate of drug-likeness (QED) is 0.334. The maximum Gasteiger partial charge on any atom is 0.0614 e. The molecular formula is C32H38BrN. The second-order valence-electron chi connectivity index (χ2n) is 11.6. The molecule has 34 heavy (non-hydrogen) atoms. The lowest BCUT2D eigenvalue weighted by Crippen LogP contribution is -2.53. The van der Waals surface area contributed by atoms with E-state index in [-0.39, 0.29) is 0 Å². The van der Waals surface area contributed by atoms with E-state index in [1.807, 2.05) is 0 Å². The second kappa shape index (κ2) is 9.53. The van der Waals surface area contributed by atoms with Gasteiger partial charge < -0.3 is 4.90 Å². The summed E-state index contributed by atoms with van der Waals surface area (Å²) in [7, 11) is 0. The maximum absolute atomic E-state index is 3.67. The minimum Gasteiger partial charge on any atom is -0.361 e. The highest BCUT2D eigenvalue weighted by Crippen LogP contribution is 2.55. The molecule has 0 spiro atoms. The van der Waals surface area contributed by atoms with Crippen molar-refractivity contribution in [2.24, 2.45) is 11.3 Å². The van der Waals surface area contributed by atoms with Crippen molar-refractivity contribution < 1.29 is 0 Å². The summed E-state index contributed by atoms with van der Waals surface area (Å²) < 4.78 is 1.15. The van der Waals surface area contributed by atoms with Crippen LogP contribution in [0, 0.1) is 11.3 Å². The van der Waals surface area contributed by atoms with E-state index < -0.39 is 0 Å². The number of anilines is 1. The number of hydrogen-bond acceptors (Lipinski definition) is 1. The van der Waals surface area contributed by atoms with Gasteiger partial charge in [-0.1, -0.05) is 98.2 Å². The molecule has 3 aromatic carbocycles. The Morgan fingerprint density at radius 1 is 0.853 bits per heavy atom. The van der Waals surface area contributed by atoms with Crippen molar-refractivity contribution in [2.45, 2.75) is 77.3 Å². The molecule has 1 aliphatic carbocycles. The molecule has 178 valence electrons. The fourth-order valence-corrected chi connectivity index (χ4v) is 6.77. The molecule has 2 heteroatoms. The normalized spacial score (nSPS) is 26.4. The Hall–Kier alpha value is -2.06. The first-order valence-corrected chi connectivity index (χ1v) is 13.8. The Balaban J connectivity index is 1.65. The molecule has 0 amide bonds. The van der Waals surface area contributed by atoms with Gasteiger partial charge in [0, 0.05) is 22.1 Å². The third-order valence-corrected chi connectivity index (χ3v) is 8.92. The number of nitrogens with zero attached hydrogens (tertiary/aromatic N) is 1. The number of hydrogen-bond donors (Lipinski definition) is 0. The van der Waals surface area contributed by atoms with Crippen LogP contribution in [0.2, 0.25) is 0 Å². The molecule has 0 bridgehead atoms. The van der Waals surface area contributed by atoms with Crippen LogP contribution >= 0.6 is 15.9 Å². The Bertz CT molecular complexity index is 1080. The SMILES string of the molecule is CC(C)c1ccc(C2CC3CCC(C)(C)CC3N(c3ccccc3)C2c2ccc(Br)cc2)cc1. The summed E-state index contributed by atoms with van der Waals surface area (Å²) >= 11 is 3.67. The predicted molar refractivity (Wildman–Crippen MR) is 149 cm³/mol. The van der Waals surface area contributed by atoms with Gasteiger partial charge in [0.15, 0.2) is 0 Å². The van der Waals surface area contributed by atoms with Gasteiger partial charge in [-0.2, -0.15) is 0 Å². The summed E-state index contributed by atoms with van der Waals surface area (Å²) in [5, 5.41) is 0. The van der Waals surface area contributed by atoms with Crippen LogP contribution in [0.5, 0.6) is 0 Å². The van der Waals surface area contributed by atoms with Gasteiger partial charge in [-0.05, 0) is 83.9 Å². The Labute approximate surface area is 214 Å². The zero-order chi connectivity index (χ0) is 23.9. The fraction of sp³-hybridized carbons (Fsp3) is 0.438. The first-order chi connectivity index (χ1) is 16.3. The summed E-state index contributed by atoms with van der Waals surface area (Å²) in [6.07, 6.45) is 5.19. The van der Waals surface area contributed by atoms with Gasteiger partial charge in [0.25, 0.3) is 0 Å². The van der Waals surface area contributed by atoms with Crippen molar-refractivity contribution in [3.05, 3.63) is 100 Å². The van der Waals surface area contributed by atoms with Crippen molar-refractivity contribution in [1.29, 1.82) is 0 Å². The second-order valence-corrected chi connectivity index (χ2v) is 12.6. The van der Waals surface area contributed by atoms with Crippen LogP contribution in [0.1, 0.15) is 87.9 Å². The van der Waals surface area contributed by atoms with Gasteiger partial charge in [0.2, 0.25) is 0 Å². The lowest BCUT2D eigenvalue weighted by molar-refractivity contribution is 0.112. The lowest BCUT2D eigenvalue weighted by atomic mass is 9.63. The van der Waals surface area contributed by atoms with E-state index in [0.717, 1.165) is 10.4 Å². The van der Waals surface area contributed by atoms with Crippen LogP contribution < -0.4 is 4.90 Å². The molecule has 1 aliphatic heterocycles. The number of benzene rings is 3. The summed E-state index contributed by atoms with van der Waals surface area (Å²) in [5.41, 5.74) is 6.10. The first kappa shape index (κ1) is 23.7. The molecule has 5 rings (SSSR count). The predicted octanol–water partition coefficient (Wildman–Crippen LogP) is 9.50. The zero-order valence-corrected chi connectivity index (χ0v) is 22.6. The highest BCUT2D eigenvalue weighted by molar-refractivity contribution is 9.10. The molecule has 1 saturated carbocycles. The van der Waals surface area contributed by atoms with Crippen molar-refractivity contribution >= 4 is 21.6 Å². The molecule has 0 N–H and O–H groups in total. The largest absolute Gasteiger partial charge is 0.361 e. The third-order valence-electron chi connectivity index (χ3n) is 8.39. The molecule has 1 saturated heterocycles. The van der Waals surface area contributed by atoms with Gasteiger partial charge in [0.05, 0.1) is 6.04 Å². The summed E-state index contributed by atoms with van der Waals surface area (Å²) in [5.74, 6) is 1.77. The third kappa shape index (κ3) is 4.71. The number of fused-ring (bicyclic) bond motifs is 1. The summed E-state index contributed by atoms with van der Waals surface area (Å²) in [6.45, 7) is 9.51. The molecule has 4 atom stereocenters. The number of halogens is 1. The molecule has 1 heterocycles. The average molecular weight is 517 g/mol. The van der Waals surface area contributed by atoms with Crippen molar-refractivity contribution in [3.63, 3.8) is 0 Å². The lowest BCUT2D eigenvalue weighted by Gasteiger charge is -2.56. The van der Waals surface area contributed by atoms with E-state index in [4.69, 9.17) is 0 Å². The Morgan fingerprint density at radius 3 is 2.15 bits per heavy atom. The molecule has 0 aromatic heterocycles. The van der Waals surface area contributed by atoms with Gasteiger partial charge in [-0.25, -0.2) is 0 Å². The van der Waals surface area contributed by atoms with E-state index in [1.165, 1.54) is 48.1 Å². The minimum absolute atomic E-state index is 0.329. The Morgan fingerprint density at radius 2 is 1.50 bits per heavy atom. The molecule has 2 aliphatic rings. The van der Waals surface area contributed by atoms with Gasteiger partial charge >= 0.3 is 0 Å². The molecule has 0 radical (unpaired) electrons. The summed E-state index contributed by atoms with van der Waals surface area (Å²) in [4.78, 5) is 2.82. The van der Waals surface area contributed by atoms with Crippen molar-refractivity contribution in [2.75, 3.05) is 4.90 Å². The number of rotatable bonds is 4. The molecule has 2 fully saturated rings. The van der Waals surface area contributed by atoms with Crippen LogP contribution in [-0.2, 0) is 0 Å². The molecule has 4 unspecified atom stereocenters. The van der Waals surface area contributed by atoms with E-state index >= 15 is 0 Å². The van der Waals surface area contributed by atoms with Crippen LogP contribution in [0.15, 0.2) is 83.3 Å². The van der Waals surface area contributed by atoms with E-state index in [2.05, 4.69) is 127 Å². The zero-order valence-electron chi connectivity index (χ0n) is 21.0.